The van der Waals surface area contributed by atoms with Gasteiger partial charge in [0.15, 0.2) is 9.84 Å². The number of piperidine rings is 1. The van der Waals surface area contributed by atoms with Crippen LogP contribution in [0.1, 0.15) is 26.2 Å². The highest BCUT2D eigenvalue weighted by atomic mass is 32.2. The summed E-state index contributed by atoms with van der Waals surface area (Å²) in [6, 6.07) is 0.324. The molecule has 13 heavy (non-hydrogen) atoms. The maximum atomic E-state index is 11.2. The van der Waals surface area contributed by atoms with Gasteiger partial charge in [0.2, 0.25) is 0 Å². The first kappa shape index (κ1) is 9.46. The number of hydrogen-bond acceptors (Lipinski definition) is 3. The number of hydrogen-bond donors (Lipinski definition) is 0. The topological polar surface area (TPSA) is 37.4 Å². The molecule has 0 amide bonds. The van der Waals surface area contributed by atoms with E-state index in [1.807, 2.05) is 6.92 Å². The number of sulfone groups is 1. The minimum Gasteiger partial charge on any atom is -0.298 e. The fourth-order valence-electron chi connectivity index (χ4n) is 2.29. The normalized spacial score (nSPS) is 39.8. The summed E-state index contributed by atoms with van der Waals surface area (Å²) in [5.41, 5.74) is 0. The summed E-state index contributed by atoms with van der Waals surface area (Å²) >= 11 is 0. The Morgan fingerprint density at radius 3 is 2.23 bits per heavy atom. The lowest BCUT2D eigenvalue weighted by Gasteiger charge is -2.43. The van der Waals surface area contributed by atoms with Crippen molar-refractivity contribution >= 4 is 9.84 Å². The molecular weight excluding hydrogens is 186 g/mol. The van der Waals surface area contributed by atoms with Crippen molar-refractivity contribution in [2.75, 3.05) is 18.8 Å². The van der Waals surface area contributed by atoms with Gasteiger partial charge >= 0.3 is 0 Å². The van der Waals surface area contributed by atoms with Gasteiger partial charge in [-0.05, 0) is 32.9 Å². The van der Waals surface area contributed by atoms with Gasteiger partial charge in [0.05, 0.1) is 11.0 Å². The van der Waals surface area contributed by atoms with Crippen LogP contribution >= 0.6 is 0 Å². The van der Waals surface area contributed by atoms with Gasteiger partial charge in [-0.3, -0.25) is 4.90 Å². The van der Waals surface area contributed by atoms with Gasteiger partial charge in [0.25, 0.3) is 0 Å². The molecule has 2 atom stereocenters. The molecule has 0 bridgehead atoms. The Morgan fingerprint density at radius 2 is 1.77 bits per heavy atom. The van der Waals surface area contributed by atoms with Gasteiger partial charge in [0, 0.05) is 6.04 Å². The largest absolute Gasteiger partial charge is 0.298 e. The Balaban J connectivity index is 1.96. The van der Waals surface area contributed by atoms with Crippen LogP contribution in [0.5, 0.6) is 0 Å². The standard InChI is InChI=1S/C9H17NO2S/c1-8-9(7-13(8,11)12)10-5-3-2-4-6-10/h8-9H,2-7H2,1H3/t8-,9+/m1/s1. The van der Waals surface area contributed by atoms with Crippen LogP contribution in [0.25, 0.3) is 0 Å². The van der Waals surface area contributed by atoms with Crippen molar-refractivity contribution < 1.29 is 8.42 Å². The molecule has 0 spiro atoms. The van der Waals surface area contributed by atoms with E-state index in [2.05, 4.69) is 4.90 Å². The highest BCUT2D eigenvalue weighted by Crippen LogP contribution is 2.28. The summed E-state index contributed by atoms with van der Waals surface area (Å²) in [7, 11) is -2.70. The maximum absolute atomic E-state index is 11.2. The zero-order valence-corrected chi connectivity index (χ0v) is 8.89. The Labute approximate surface area is 80.0 Å². The zero-order chi connectivity index (χ0) is 9.47. The molecule has 0 N–H and O–H groups in total. The molecule has 0 aromatic rings. The zero-order valence-electron chi connectivity index (χ0n) is 8.07. The first-order valence-corrected chi connectivity index (χ1v) is 6.78. The van der Waals surface area contributed by atoms with E-state index in [9.17, 15) is 8.42 Å². The van der Waals surface area contributed by atoms with Crippen LogP contribution in [0.15, 0.2) is 0 Å². The Morgan fingerprint density at radius 1 is 1.15 bits per heavy atom. The fourth-order valence-corrected chi connectivity index (χ4v) is 3.96. The molecule has 2 aliphatic rings. The maximum Gasteiger partial charge on any atom is 0.156 e. The minimum atomic E-state index is -2.70. The van der Waals surface area contributed by atoms with Crippen LogP contribution in [0.2, 0.25) is 0 Å². The SMILES string of the molecule is C[C@@H]1[C@@H](N2CCCCC2)CS1(=O)=O. The third kappa shape index (κ3) is 1.62. The van der Waals surface area contributed by atoms with Crippen LogP contribution in [-0.2, 0) is 9.84 Å². The van der Waals surface area contributed by atoms with Gasteiger partial charge in [-0.1, -0.05) is 6.42 Å². The van der Waals surface area contributed by atoms with Crippen molar-refractivity contribution in [2.24, 2.45) is 0 Å². The van der Waals surface area contributed by atoms with E-state index in [-0.39, 0.29) is 5.25 Å². The quantitative estimate of drug-likeness (QED) is 0.628. The molecule has 4 heteroatoms. The van der Waals surface area contributed by atoms with Crippen molar-refractivity contribution in [3.63, 3.8) is 0 Å². The number of nitrogens with zero attached hydrogens (tertiary/aromatic N) is 1. The van der Waals surface area contributed by atoms with Gasteiger partial charge in [-0.15, -0.1) is 0 Å². The molecule has 0 radical (unpaired) electrons. The highest BCUT2D eigenvalue weighted by Gasteiger charge is 2.45. The smallest absolute Gasteiger partial charge is 0.156 e. The van der Waals surface area contributed by atoms with Crippen molar-refractivity contribution in [1.82, 2.24) is 4.90 Å². The first-order valence-electron chi connectivity index (χ1n) is 5.07. The lowest BCUT2D eigenvalue weighted by Crippen LogP contribution is -2.60. The van der Waals surface area contributed by atoms with E-state index in [0.29, 0.717) is 11.8 Å². The van der Waals surface area contributed by atoms with Crippen LogP contribution in [0.3, 0.4) is 0 Å². The first-order chi connectivity index (χ1) is 6.11. The molecule has 2 fully saturated rings. The summed E-state index contributed by atoms with van der Waals surface area (Å²) in [5, 5.41) is -0.120. The van der Waals surface area contributed by atoms with Crippen LogP contribution in [0, 0.1) is 0 Å². The van der Waals surface area contributed by atoms with E-state index in [1.54, 1.807) is 0 Å². The van der Waals surface area contributed by atoms with E-state index >= 15 is 0 Å². The number of likely N-dealkylation sites (tertiary alicyclic amines) is 1. The lowest BCUT2D eigenvalue weighted by molar-refractivity contribution is 0.161. The van der Waals surface area contributed by atoms with E-state index in [4.69, 9.17) is 0 Å². The third-order valence-corrected chi connectivity index (χ3v) is 5.62. The van der Waals surface area contributed by atoms with Crippen molar-refractivity contribution in [1.29, 1.82) is 0 Å². The molecule has 2 aliphatic heterocycles. The predicted molar refractivity (Wildman–Crippen MR) is 52.5 cm³/mol. The molecule has 2 rings (SSSR count). The second kappa shape index (κ2) is 3.24. The molecule has 0 aromatic carbocycles. The average Bonchev–Trinajstić information content (AvgIpc) is 2.15. The minimum absolute atomic E-state index is 0.120. The van der Waals surface area contributed by atoms with E-state index < -0.39 is 9.84 Å². The van der Waals surface area contributed by atoms with Gasteiger partial charge < -0.3 is 0 Å². The molecule has 0 unspecified atom stereocenters. The molecule has 0 aromatic heterocycles. The fraction of sp³-hybridized carbons (Fsp3) is 1.00. The summed E-state index contributed by atoms with van der Waals surface area (Å²) in [6.45, 7) is 4.05. The molecule has 76 valence electrons. The lowest BCUT2D eigenvalue weighted by atomic mass is 10.1. The molecular formula is C9H17NO2S. The highest BCUT2D eigenvalue weighted by molar-refractivity contribution is 7.93. The molecule has 0 aliphatic carbocycles. The van der Waals surface area contributed by atoms with Crippen LogP contribution in [-0.4, -0.2) is 43.5 Å². The number of rotatable bonds is 1. The Kier molecular flexibility index (Phi) is 2.36. The second-order valence-electron chi connectivity index (χ2n) is 4.20. The van der Waals surface area contributed by atoms with Crippen LogP contribution in [0.4, 0.5) is 0 Å². The van der Waals surface area contributed by atoms with Gasteiger partial charge in [-0.2, -0.15) is 0 Å². The molecule has 0 saturated carbocycles. The van der Waals surface area contributed by atoms with Gasteiger partial charge in [-0.25, -0.2) is 8.42 Å². The monoisotopic (exact) mass is 203 g/mol. The Bertz CT molecular complexity index is 280. The van der Waals surface area contributed by atoms with Gasteiger partial charge in [0.1, 0.15) is 0 Å². The molecule has 3 nitrogen and oxygen atoms in total. The van der Waals surface area contributed by atoms with Crippen LogP contribution < -0.4 is 0 Å². The summed E-state index contributed by atoms with van der Waals surface area (Å²) in [4.78, 5) is 2.36. The second-order valence-corrected chi connectivity index (χ2v) is 6.60. The molecule has 2 saturated heterocycles. The molecule has 2 heterocycles. The summed E-state index contributed by atoms with van der Waals surface area (Å²) in [5.74, 6) is 0.397. The average molecular weight is 203 g/mol. The van der Waals surface area contributed by atoms with Crippen molar-refractivity contribution in [3.8, 4) is 0 Å². The van der Waals surface area contributed by atoms with E-state index in [1.165, 1.54) is 19.3 Å². The summed E-state index contributed by atoms with van der Waals surface area (Å²) in [6.07, 6.45) is 3.79. The van der Waals surface area contributed by atoms with Crippen molar-refractivity contribution in [2.45, 2.75) is 37.5 Å². The van der Waals surface area contributed by atoms with E-state index in [0.717, 1.165) is 13.1 Å². The van der Waals surface area contributed by atoms with Crippen molar-refractivity contribution in [3.05, 3.63) is 0 Å². The summed E-state index contributed by atoms with van der Waals surface area (Å²) < 4.78 is 22.5. The third-order valence-electron chi connectivity index (χ3n) is 3.37. The predicted octanol–water partition coefficient (Wildman–Crippen LogP) is 0.658. The Hall–Kier alpha value is -0.0900.